The Morgan fingerprint density at radius 2 is 1.65 bits per heavy atom. The van der Waals surface area contributed by atoms with Crippen molar-refractivity contribution >= 4 is 5.91 Å². The van der Waals surface area contributed by atoms with Crippen molar-refractivity contribution in [3.05, 3.63) is 0 Å². The van der Waals surface area contributed by atoms with Crippen LogP contribution in [-0.2, 0) is 9.53 Å². The van der Waals surface area contributed by atoms with Crippen molar-refractivity contribution < 1.29 is 9.53 Å². The quantitative estimate of drug-likeness (QED) is 0.681. The molecule has 5 nitrogen and oxygen atoms in total. The third-order valence-electron chi connectivity index (χ3n) is 6.38. The van der Waals surface area contributed by atoms with Gasteiger partial charge in [0, 0.05) is 50.3 Å². The molecule has 0 radical (unpaired) electrons. The molecule has 2 fully saturated rings. The molecule has 0 aromatic carbocycles. The summed E-state index contributed by atoms with van der Waals surface area (Å²) in [6.07, 6.45) is 6.61. The van der Waals surface area contributed by atoms with Gasteiger partial charge in [-0.2, -0.15) is 0 Å². The van der Waals surface area contributed by atoms with E-state index in [0.29, 0.717) is 18.1 Å². The number of nitrogens with one attached hydrogen (secondary N) is 1. The lowest BCUT2D eigenvalue weighted by Crippen LogP contribution is -2.53. The van der Waals surface area contributed by atoms with Crippen molar-refractivity contribution in [2.45, 2.75) is 84.3 Å². The number of hydrogen-bond donors (Lipinski definition) is 1. The highest BCUT2D eigenvalue weighted by Crippen LogP contribution is 2.24. The first kappa shape index (κ1) is 21.6. The van der Waals surface area contributed by atoms with E-state index in [-0.39, 0.29) is 11.8 Å². The Morgan fingerprint density at radius 1 is 1.08 bits per heavy atom. The zero-order chi connectivity index (χ0) is 18.9. The second-order valence-corrected chi connectivity index (χ2v) is 8.25. The van der Waals surface area contributed by atoms with E-state index in [4.69, 9.17) is 4.74 Å². The fourth-order valence-electron chi connectivity index (χ4n) is 4.53. The first-order valence-corrected chi connectivity index (χ1v) is 10.9. The van der Waals surface area contributed by atoms with E-state index in [1.54, 1.807) is 0 Å². The normalized spacial score (nSPS) is 21.0. The fraction of sp³-hybridized carbons (Fsp3) is 0.952. The van der Waals surface area contributed by atoms with Crippen LogP contribution in [-0.4, -0.2) is 73.2 Å². The lowest BCUT2D eigenvalue weighted by atomic mass is 9.97. The van der Waals surface area contributed by atoms with Crippen molar-refractivity contribution in [2.75, 3.05) is 39.4 Å². The van der Waals surface area contributed by atoms with Crippen LogP contribution in [0.2, 0.25) is 0 Å². The Bertz CT molecular complexity index is 398. The third kappa shape index (κ3) is 6.21. The number of likely N-dealkylation sites (tertiary alicyclic amines) is 1. The first-order chi connectivity index (χ1) is 12.6. The van der Waals surface area contributed by atoms with Gasteiger partial charge in [-0.3, -0.25) is 9.69 Å². The van der Waals surface area contributed by atoms with Crippen molar-refractivity contribution in [3.8, 4) is 0 Å². The van der Waals surface area contributed by atoms with Crippen LogP contribution in [0.4, 0.5) is 0 Å². The molecule has 0 unspecified atom stereocenters. The second kappa shape index (κ2) is 11.3. The van der Waals surface area contributed by atoms with Gasteiger partial charge in [0.15, 0.2) is 0 Å². The average Bonchev–Trinajstić information content (AvgIpc) is 2.67. The van der Waals surface area contributed by atoms with E-state index in [0.717, 1.165) is 52.0 Å². The van der Waals surface area contributed by atoms with E-state index in [1.165, 1.54) is 25.9 Å². The number of nitrogens with zero attached hydrogens (tertiary/aromatic N) is 2. The summed E-state index contributed by atoms with van der Waals surface area (Å²) in [5.74, 6) is 0.400. The topological polar surface area (TPSA) is 44.8 Å². The minimum absolute atomic E-state index is 0.167. The number of ether oxygens (including phenoxy) is 1. The number of piperidine rings is 1. The van der Waals surface area contributed by atoms with Gasteiger partial charge >= 0.3 is 0 Å². The SMILES string of the molecule is CCC(CC)C(=O)NCCN(C1CCOCC1)C1CCN(C(C)C)CC1. The van der Waals surface area contributed by atoms with Crippen LogP contribution in [0.25, 0.3) is 0 Å². The van der Waals surface area contributed by atoms with E-state index >= 15 is 0 Å². The van der Waals surface area contributed by atoms with Crippen LogP contribution in [0.3, 0.4) is 0 Å². The summed E-state index contributed by atoms with van der Waals surface area (Å²) in [5.41, 5.74) is 0. The summed E-state index contributed by atoms with van der Waals surface area (Å²) in [6, 6.07) is 1.91. The highest BCUT2D eigenvalue weighted by atomic mass is 16.5. The molecule has 0 atom stereocenters. The number of rotatable bonds is 9. The van der Waals surface area contributed by atoms with E-state index < -0.39 is 0 Å². The van der Waals surface area contributed by atoms with Crippen LogP contribution >= 0.6 is 0 Å². The molecule has 5 heteroatoms. The molecule has 1 amide bonds. The van der Waals surface area contributed by atoms with Crippen molar-refractivity contribution in [3.63, 3.8) is 0 Å². The molecule has 0 spiro atoms. The summed E-state index contributed by atoms with van der Waals surface area (Å²) >= 11 is 0. The van der Waals surface area contributed by atoms with Gasteiger partial charge in [0.05, 0.1) is 0 Å². The predicted molar refractivity (Wildman–Crippen MR) is 107 cm³/mol. The molecule has 2 saturated heterocycles. The molecule has 0 aromatic rings. The van der Waals surface area contributed by atoms with Crippen LogP contribution in [0, 0.1) is 5.92 Å². The summed E-state index contributed by atoms with van der Waals surface area (Å²) in [7, 11) is 0. The number of carbonyl (C=O) groups is 1. The van der Waals surface area contributed by atoms with Crippen molar-refractivity contribution in [1.82, 2.24) is 15.1 Å². The minimum atomic E-state index is 0.167. The zero-order valence-electron chi connectivity index (χ0n) is 17.5. The Kier molecular flexibility index (Phi) is 9.37. The molecule has 2 aliphatic rings. The molecule has 1 N–H and O–H groups in total. The molecular formula is C21H41N3O2. The maximum Gasteiger partial charge on any atom is 0.223 e. The lowest BCUT2D eigenvalue weighted by molar-refractivity contribution is -0.125. The highest BCUT2D eigenvalue weighted by molar-refractivity contribution is 5.78. The van der Waals surface area contributed by atoms with Gasteiger partial charge in [0.2, 0.25) is 5.91 Å². The third-order valence-corrected chi connectivity index (χ3v) is 6.38. The van der Waals surface area contributed by atoms with Gasteiger partial charge in [-0.1, -0.05) is 13.8 Å². The Hall–Kier alpha value is -0.650. The Balaban J connectivity index is 1.88. The van der Waals surface area contributed by atoms with Gasteiger partial charge in [-0.15, -0.1) is 0 Å². The van der Waals surface area contributed by atoms with Crippen LogP contribution in [0.1, 0.15) is 66.2 Å². The summed E-state index contributed by atoms with van der Waals surface area (Å²) in [6.45, 7) is 14.7. The first-order valence-electron chi connectivity index (χ1n) is 10.9. The molecule has 152 valence electrons. The zero-order valence-corrected chi connectivity index (χ0v) is 17.5. The van der Waals surface area contributed by atoms with Gasteiger partial charge in [-0.05, 0) is 65.5 Å². The standard InChI is InChI=1S/C21H41N3O2/c1-5-18(6-2)21(25)22-11-14-24(20-9-15-26-16-10-20)19-7-12-23(13-8-19)17(3)4/h17-20H,5-16H2,1-4H3,(H,22,25). The molecule has 0 aliphatic carbocycles. The van der Waals surface area contributed by atoms with E-state index in [2.05, 4.69) is 42.8 Å². The molecule has 2 heterocycles. The molecule has 0 aromatic heterocycles. The predicted octanol–water partition coefficient (Wildman–Crippen LogP) is 2.89. The lowest BCUT2D eigenvalue weighted by Gasteiger charge is -2.44. The number of hydrogen-bond acceptors (Lipinski definition) is 4. The van der Waals surface area contributed by atoms with Gasteiger partial charge in [-0.25, -0.2) is 0 Å². The monoisotopic (exact) mass is 367 g/mol. The number of carbonyl (C=O) groups excluding carboxylic acids is 1. The molecule has 2 rings (SSSR count). The van der Waals surface area contributed by atoms with E-state index in [1.807, 2.05) is 0 Å². The maximum atomic E-state index is 12.3. The summed E-state index contributed by atoms with van der Waals surface area (Å²) in [4.78, 5) is 17.6. The van der Waals surface area contributed by atoms with Crippen LogP contribution in [0.15, 0.2) is 0 Å². The Labute approximate surface area is 160 Å². The van der Waals surface area contributed by atoms with Gasteiger partial charge < -0.3 is 15.0 Å². The molecular weight excluding hydrogens is 326 g/mol. The molecule has 26 heavy (non-hydrogen) atoms. The highest BCUT2D eigenvalue weighted by Gasteiger charge is 2.31. The summed E-state index contributed by atoms with van der Waals surface area (Å²) in [5, 5.41) is 3.20. The Morgan fingerprint density at radius 3 is 2.19 bits per heavy atom. The average molecular weight is 368 g/mol. The largest absolute Gasteiger partial charge is 0.381 e. The molecule has 0 saturated carbocycles. The van der Waals surface area contributed by atoms with E-state index in [9.17, 15) is 4.79 Å². The van der Waals surface area contributed by atoms with Crippen molar-refractivity contribution in [1.29, 1.82) is 0 Å². The van der Waals surface area contributed by atoms with Crippen LogP contribution in [0.5, 0.6) is 0 Å². The smallest absolute Gasteiger partial charge is 0.223 e. The minimum Gasteiger partial charge on any atom is -0.381 e. The van der Waals surface area contributed by atoms with Crippen LogP contribution < -0.4 is 5.32 Å². The van der Waals surface area contributed by atoms with Gasteiger partial charge in [0.1, 0.15) is 0 Å². The fourth-order valence-corrected chi connectivity index (χ4v) is 4.53. The summed E-state index contributed by atoms with van der Waals surface area (Å²) < 4.78 is 5.58. The molecule has 2 aliphatic heterocycles. The maximum absolute atomic E-state index is 12.3. The number of amides is 1. The second-order valence-electron chi connectivity index (χ2n) is 8.25. The molecule has 0 bridgehead atoms. The van der Waals surface area contributed by atoms with Crippen molar-refractivity contribution in [2.24, 2.45) is 5.92 Å². The van der Waals surface area contributed by atoms with Gasteiger partial charge in [0.25, 0.3) is 0 Å².